The van der Waals surface area contributed by atoms with Crippen molar-refractivity contribution in [3.63, 3.8) is 0 Å². The van der Waals surface area contributed by atoms with E-state index in [9.17, 15) is 9.90 Å². The lowest BCUT2D eigenvalue weighted by atomic mass is 10.1. The lowest BCUT2D eigenvalue weighted by Crippen LogP contribution is -2.34. The van der Waals surface area contributed by atoms with E-state index in [0.29, 0.717) is 5.56 Å². The zero-order valence-corrected chi connectivity index (χ0v) is 15.5. The molecule has 0 bridgehead atoms. The molecule has 0 radical (unpaired) electrons. The molecule has 0 saturated carbocycles. The highest BCUT2D eigenvalue weighted by atomic mass is 16.5. The van der Waals surface area contributed by atoms with Gasteiger partial charge >= 0.3 is 0 Å². The van der Waals surface area contributed by atoms with Crippen molar-refractivity contribution in [3.05, 3.63) is 48.0 Å². The number of amidine groups is 1. The normalized spacial score (nSPS) is 14.3. The molecule has 1 saturated heterocycles. The first-order chi connectivity index (χ1) is 13.5. The highest BCUT2D eigenvalue weighted by Crippen LogP contribution is 2.24. The summed E-state index contributed by atoms with van der Waals surface area (Å²) in [6.45, 7) is 1.98. The molecule has 8 heteroatoms. The second-order valence-electron chi connectivity index (χ2n) is 6.64. The number of rotatable bonds is 7. The number of nitrogens with two attached hydrogens (primary N) is 1. The van der Waals surface area contributed by atoms with Gasteiger partial charge in [0.15, 0.2) is 0 Å². The van der Waals surface area contributed by atoms with Gasteiger partial charge in [0.2, 0.25) is 5.91 Å². The van der Waals surface area contributed by atoms with Gasteiger partial charge in [-0.15, -0.1) is 0 Å². The summed E-state index contributed by atoms with van der Waals surface area (Å²) in [6, 6.07) is 11.8. The maximum absolute atomic E-state index is 12.1. The smallest absolute Gasteiger partial charge is 0.243 e. The Balaban J connectivity index is 1.50. The van der Waals surface area contributed by atoms with E-state index in [-0.39, 0.29) is 35.8 Å². The molecule has 1 amide bonds. The number of nitrogen functional groups attached to an aromatic ring is 1. The van der Waals surface area contributed by atoms with Crippen LogP contribution >= 0.6 is 0 Å². The van der Waals surface area contributed by atoms with Crippen molar-refractivity contribution in [1.29, 1.82) is 5.41 Å². The fraction of sp³-hybridized carbons (Fsp3) is 0.300. The standard InChI is InChI=1S/C20H25N5O3/c21-20(22)13-1-6-18(26)17(11-13)25-19(27)12-24-14-2-4-15(5-3-14)28-16-7-9-23-10-8-16/h1-6,11,16,23-24,26H,7-10,12H2,(H3,21,22)(H,25,27). The molecule has 28 heavy (non-hydrogen) atoms. The Morgan fingerprint density at radius 3 is 2.61 bits per heavy atom. The monoisotopic (exact) mass is 383 g/mol. The number of carbonyl (C=O) groups is 1. The third-order valence-corrected chi connectivity index (χ3v) is 4.48. The molecule has 0 atom stereocenters. The Bertz CT molecular complexity index is 832. The number of hydrogen-bond donors (Lipinski definition) is 6. The highest BCUT2D eigenvalue weighted by Gasteiger charge is 2.14. The molecule has 1 aliphatic rings. The van der Waals surface area contributed by atoms with E-state index in [4.69, 9.17) is 15.9 Å². The third kappa shape index (κ3) is 5.37. The van der Waals surface area contributed by atoms with E-state index >= 15 is 0 Å². The van der Waals surface area contributed by atoms with Crippen molar-refractivity contribution < 1.29 is 14.6 Å². The lowest BCUT2D eigenvalue weighted by molar-refractivity contribution is -0.114. The SMILES string of the molecule is N=C(N)c1ccc(O)c(NC(=O)CNc2ccc(OC3CCNCC3)cc2)c1. The Morgan fingerprint density at radius 1 is 1.21 bits per heavy atom. The summed E-state index contributed by atoms with van der Waals surface area (Å²) in [7, 11) is 0. The predicted molar refractivity (Wildman–Crippen MR) is 109 cm³/mol. The van der Waals surface area contributed by atoms with E-state index < -0.39 is 0 Å². The van der Waals surface area contributed by atoms with Gasteiger partial charge in [0.25, 0.3) is 0 Å². The average molecular weight is 383 g/mol. The van der Waals surface area contributed by atoms with E-state index in [1.54, 1.807) is 0 Å². The average Bonchev–Trinajstić information content (AvgIpc) is 2.70. The van der Waals surface area contributed by atoms with Crippen LogP contribution in [0.15, 0.2) is 42.5 Å². The van der Waals surface area contributed by atoms with Gasteiger partial charge in [0.05, 0.1) is 12.2 Å². The zero-order chi connectivity index (χ0) is 19.9. The molecule has 0 unspecified atom stereocenters. The minimum atomic E-state index is -0.328. The molecule has 2 aromatic rings. The molecule has 3 rings (SSSR count). The van der Waals surface area contributed by atoms with Crippen LogP contribution in [0, 0.1) is 5.41 Å². The minimum Gasteiger partial charge on any atom is -0.506 e. The summed E-state index contributed by atoms with van der Waals surface area (Å²) >= 11 is 0. The molecule has 0 aromatic heterocycles. The largest absolute Gasteiger partial charge is 0.506 e. The summed E-state index contributed by atoms with van der Waals surface area (Å²) in [5.74, 6) is 0.261. The maximum atomic E-state index is 12.1. The van der Waals surface area contributed by atoms with Crippen LogP contribution in [0.25, 0.3) is 0 Å². The number of piperidine rings is 1. The number of phenols is 1. The number of benzene rings is 2. The molecular formula is C20H25N5O3. The van der Waals surface area contributed by atoms with Crippen molar-refractivity contribution in [3.8, 4) is 11.5 Å². The first-order valence-corrected chi connectivity index (χ1v) is 9.20. The van der Waals surface area contributed by atoms with Crippen molar-refractivity contribution >= 4 is 23.1 Å². The number of aromatic hydroxyl groups is 1. The molecule has 0 spiro atoms. The van der Waals surface area contributed by atoms with Crippen LogP contribution in [-0.4, -0.2) is 42.6 Å². The van der Waals surface area contributed by atoms with Crippen LogP contribution in [0.3, 0.4) is 0 Å². The second kappa shape index (κ2) is 9.09. The molecule has 1 fully saturated rings. The molecule has 8 nitrogen and oxygen atoms in total. The van der Waals surface area contributed by atoms with Crippen molar-refractivity contribution in [2.75, 3.05) is 30.3 Å². The van der Waals surface area contributed by atoms with Crippen LogP contribution in [0.5, 0.6) is 11.5 Å². The van der Waals surface area contributed by atoms with Gasteiger partial charge in [-0.2, -0.15) is 0 Å². The van der Waals surface area contributed by atoms with E-state index in [1.165, 1.54) is 18.2 Å². The number of hydrogen-bond acceptors (Lipinski definition) is 6. The van der Waals surface area contributed by atoms with Crippen molar-refractivity contribution in [2.24, 2.45) is 5.73 Å². The Labute approximate surface area is 163 Å². The maximum Gasteiger partial charge on any atom is 0.243 e. The van der Waals surface area contributed by atoms with Gasteiger partial charge in [-0.1, -0.05) is 0 Å². The number of amides is 1. The van der Waals surface area contributed by atoms with Crippen LogP contribution in [-0.2, 0) is 4.79 Å². The quantitative estimate of drug-likeness (QED) is 0.246. The number of carbonyl (C=O) groups excluding carboxylic acids is 1. The van der Waals surface area contributed by atoms with E-state index in [1.807, 2.05) is 24.3 Å². The van der Waals surface area contributed by atoms with E-state index in [0.717, 1.165) is 37.4 Å². The summed E-state index contributed by atoms with van der Waals surface area (Å²) in [5, 5.41) is 26.2. The number of nitrogens with one attached hydrogen (secondary N) is 4. The Morgan fingerprint density at radius 2 is 1.93 bits per heavy atom. The third-order valence-electron chi connectivity index (χ3n) is 4.48. The number of anilines is 2. The van der Waals surface area contributed by atoms with Gasteiger partial charge in [-0.25, -0.2) is 0 Å². The molecule has 1 heterocycles. The fourth-order valence-corrected chi connectivity index (χ4v) is 2.94. The molecule has 2 aromatic carbocycles. The van der Waals surface area contributed by atoms with Gasteiger partial charge in [0.1, 0.15) is 23.4 Å². The number of ether oxygens (including phenoxy) is 1. The summed E-state index contributed by atoms with van der Waals surface area (Å²) in [5.41, 5.74) is 6.85. The van der Waals surface area contributed by atoms with Gasteiger partial charge in [-0.05, 0) is 68.4 Å². The van der Waals surface area contributed by atoms with Crippen LogP contribution < -0.4 is 26.4 Å². The zero-order valence-electron chi connectivity index (χ0n) is 15.5. The van der Waals surface area contributed by atoms with Crippen molar-refractivity contribution in [2.45, 2.75) is 18.9 Å². The summed E-state index contributed by atoms with van der Waals surface area (Å²) in [4.78, 5) is 12.1. The molecule has 7 N–H and O–H groups in total. The van der Waals surface area contributed by atoms with Gasteiger partial charge in [0, 0.05) is 11.3 Å². The molecular weight excluding hydrogens is 358 g/mol. The summed E-state index contributed by atoms with van der Waals surface area (Å²) < 4.78 is 5.96. The molecule has 148 valence electrons. The van der Waals surface area contributed by atoms with Crippen LogP contribution in [0.1, 0.15) is 18.4 Å². The minimum absolute atomic E-state index is 0.0260. The first kappa shape index (κ1) is 19.5. The first-order valence-electron chi connectivity index (χ1n) is 9.20. The molecule has 0 aliphatic carbocycles. The Kier molecular flexibility index (Phi) is 6.33. The Hall–Kier alpha value is -3.26. The van der Waals surface area contributed by atoms with Crippen LogP contribution in [0.4, 0.5) is 11.4 Å². The van der Waals surface area contributed by atoms with Crippen LogP contribution in [0.2, 0.25) is 0 Å². The fourth-order valence-electron chi connectivity index (χ4n) is 2.94. The topological polar surface area (TPSA) is 132 Å². The van der Waals surface area contributed by atoms with Crippen molar-refractivity contribution in [1.82, 2.24) is 5.32 Å². The second-order valence-corrected chi connectivity index (χ2v) is 6.64. The number of phenolic OH excluding ortho intramolecular Hbond substituents is 1. The highest BCUT2D eigenvalue weighted by molar-refractivity contribution is 5.99. The van der Waals surface area contributed by atoms with E-state index in [2.05, 4.69) is 16.0 Å². The molecule has 1 aliphatic heterocycles. The predicted octanol–water partition coefficient (Wildman–Crippen LogP) is 1.86. The lowest BCUT2D eigenvalue weighted by Gasteiger charge is -2.23. The van der Waals surface area contributed by atoms with Gasteiger partial charge in [-0.3, -0.25) is 10.2 Å². The van der Waals surface area contributed by atoms with Gasteiger partial charge < -0.3 is 31.5 Å². The summed E-state index contributed by atoms with van der Waals surface area (Å²) in [6.07, 6.45) is 2.24.